The van der Waals surface area contributed by atoms with Crippen molar-refractivity contribution in [2.45, 2.75) is 38.3 Å². The molecule has 0 radical (unpaired) electrons. The number of benzene rings is 1. The van der Waals surface area contributed by atoms with Gasteiger partial charge < -0.3 is 14.9 Å². The van der Waals surface area contributed by atoms with Crippen molar-refractivity contribution in [2.24, 2.45) is 5.73 Å². The van der Waals surface area contributed by atoms with Crippen LogP contribution in [0, 0.1) is 0 Å². The molecule has 1 atom stereocenters. The summed E-state index contributed by atoms with van der Waals surface area (Å²) < 4.78 is 11.5. The van der Waals surface area contributed by atoms with Crippen LogP contribution in [0.3, 0.4) is 0 Å². The number of fused-ring (bicyclic) bond motifs is 1. The molecule has 0 aliphatic rings. The molecule has 3 nitrogen and oxygen atoms in total. The number of ether oxygens (including phenoxy) is 1. The Bertz CT molecular complexity index is 473. The summed E-state index contributed by atoms with van der Waals surface area (Å²) in [7, 11) is 1.72. The molecular weight excluding hydrogens is 226 g/mol. The summed E-state index contributed by atoms with van der Waals surface area (Å²) in [4.78, 5) is 0. The number of nitrogens with two attached hydrogens (primary N) is 1. The molecule has 0 amide bonds. The summed E-state index contributed by atoms with van der Waals surface area (Å²) >= 11 is 0. The van der Waals surface area contributed by atoms with Crippen molar-refractivity contribution in [2.75, 3.05) is 7.11 Å². The fourth-order valence-electron chi connectivity index (χ4n) is 2.52. The topological polar surface area (TPSA) is 48.4 Å². The summed E-state index contributed by atoms with van der Waals surface area (Å²) in [5.74, 6) is 0.793. The van der Waals surface area contributed by atoms with Gasteiger partial charge in [0.05, 0.1) is 11.6 Å². The smallest absolute Gasteiger partial charge is 0.134 e. The molecule has 0 bridgehead atoms. The summed E-state index contributed by atoms with van der Waals surface area (Å²) in [6.07, 6.45) is 1.72. The SMILES string of the molecule is CCC(CC)(OC)C(N)c1cc2ccccc2o1. The molecule has 0 aliphatic carbocycles. The van der Waals surface area contributed by atoms with Gasteiger partial charge in [0.2, 0.25) is 0 Å². The molecule has 2 aromatic rings. The Kier molecular flexibility index (Phi) is 3.73. The molecule has 0 aliphatic heterocycles. The van der Waals surface area contributed by atoms with Gasteiger partial charge in [-0.05, 0) is 25.0 Å². The fourth-order valence-corrected chi connectivity index (χ4v) is 2.52. The minimum atomic E-state index is -0.353. The lowest BCUT2D eigenvalue weighted by molar-refractivity contribution is -0.0428. The summed E-state index contributed by atoms with van der Waals surface area (Å²) in [6.45, 7) is 4.19. The highest BCUT2D eigenvalue weighted by Gasteiger charge is 2.36. The van der Waals surface area contributed by atoms with Crippen LogP contribution in [0.25, 0.3) is 11.0 Å². The normalized spacial score (nSPS) is 14.0. The van der Waals surface area contributed by atoms with Gasteiger partial charge in [-0.2, -0.15) is 0 Å². The Hall–Kier alpha value is -1.32. The quantitative estimate of drug-likeness (QED) is 0.877. The number of para-hydroxylation sites is 1. The zero-order valence-electron chi connectivity index (χ0n) is 11.3. The lowest BCUT2D eigenvalue weighted by atomic mass is 9.87. The van der Waals surface area contributed by atoms with E-state index in [1.54, 1.807) is 7.11 Å². The van der Waals surface area contributed by atoms with E-state index in [1.165, 1.54) is 0 Å². The van der Waals surface area contributed by atoms with Crippen molar-refractivity contribution >= 4 is 11.0 Å². The highest BCUT2D eigenvalue weighted by Crippen LogP contribution is 2.35. The van der Waals surface area contributed by atoms with E-state index >= 15 is 0 Å². The van der Waals surface area contributed by atoms with Crippen LogP contribution in [0.2, 0.25) is 0 Å². The van der Waals surface area contributed by atoms with Gasteiger partial charge in [0.25, 0.3) is 0 Å². The van der Waals surface area contributed by atoms with Gasteiger partial charge in [0.1, 0.15) is 11.3 Å². The van der Waals surface area contributed by atoms with Crippen LogP contribution in [0.15, 0.2) is 34.7 Å². The van der Waals surface area contributed by atoms with Crippen LogP contribution in [-0.2, 0) is 4.74 Å². The predicted octanol–water partition coefficient (Wildman–Crippen LogP) is 3.64. The molecule has 0 spiro atoms. The third-order valence-corrected chi connectivity index (χ3v) is 3.92. The van der Waals surface area contributed by atoms with E-state index in [-0.39, 0.29) is 11.6 Å². The molecule has 1 aromatic carbocycles. The predicted molar refractivity (Wildman–Crippen MR) is 73.5 cm³/mol. The molecule has 3 heteroatoms. The standard InChI is InChI=1S/C15H21NO2/c1-4-15(5-2,17-3)14(16)13-10-11-8-6-7-9-12(11)18-13/h6-10,14H,4-5,16H2,1-3H3. The van der Waals surface area contributed by atoms with Crippen molar-refractivity contribution in [3.8, 4) is 0 Å². The summed E-state index contributed by atoms with van der Waals surface area (Å²) in [5, 5.41) is 1.08. The number of hydrogen-bond acceptors (Lipinski definition) is 3. The largest absolute Gasteiger partial charge is 0.459 e. The van der Waals surface area contributed by atoms with Crippen molar-refractivity contribution in [1.29, 1.82) is 0 Å². The van der Waals surface area contributed by atoms with Gasteiger partial charge in [0.15, 0.2) is 0 Å². The second kappa shape index (κ2) is 5.12. The van der Waals surface area contributed by atoms with Gasteiger partial charge in [-0.15, -0.1) is 0 Å². The molecular formula is C15H21NO2. The third kappa shape index (κ3) is 2.04. The molecule has 0 fully saturated rings. The van der Waals surface area contributed by atoms with E-state index in [4.69, 9.17) is 14.9 Å². The Balaban J connectivity index is 2.40. The molecule has 0 saturated carbocycles. The maximum absolute atomic E-state index is 6.35. The number of methoxy groups -OCH3 is 1. The molecule has 1 aromatic heterocycles. The van der Waals surface area contributed by atoms with E-state index < -0.39 is 0 Å². The van der Waals surface area contributed by atoms with Crippen molar-refractivity contribution in [1.82, 2.24) is 0 Å². The van der Waals surface area contributed by atoms with Gasteiger partial charge in [-0.3, -0.25) is 0 Å². The van der Waals surface area contributed by atoms with Crippen molar-refractivity contribution < 1.29 is 9.15 Å². The minimum Gasteiger partial charge on any atom is -0.459 e. The first-order valence-corrected chi connectivity index (χ1v) is 6.46. The average molecular weight is 247 g/mol. The number of rotatable bonds is 5. The highest BCUT2D eigenvalue weighted by atomic mass is 16.5. The van der Waals surface area contributed by atoms with E-state index in [2.05, 4.69) is 13.8 Å². The second-order valence-electron chi connectivity index (χ2n) is 4.64. The van der Waals surface area contributed by atoms with Crippen LogP contribution in [-0.4, -0.2) is 12.7 Å². The van der Waals surface area contributed by atoms with Crippen LogP contribution in [0.1, 0.15) is 38.5 Å². The Morgan fingerprint density at radius 1 is 1.28 bits per heavy atom. The van der Waals surface area contributed by atoms with Gasteiger partial charge >= 0.3 is 0 Å². The van der Waals surface area contributed by atoms with Crippen LogP contribution in [0.4, 0.5) is 0 Å². The van der Waals surface area contributed by atoms with Gasteiger partial charge in [-0.1, -0.05) is 32.0 Å². The van der Waals surface area contributed by atoms with E-state index in [9.17, 15) is 0 Å². The Labute approximate surface area is 108 Å². The minimum absolute atomic E-state index is 0.245. The lowest BCUT2D eigenvalue weighted by Gasteiger charge is -2.34. The monoisotopic (exact) mass is 247 g/mol. The maximum atomic E-state index is 6.35. The third-order valence-electron chi connectivity index (χ3n) is 3.92. The maximum Gasteiger partial charge on any atom is 0.134 e. The fraction of sp³-hybridized carbons (Fsp3) is 0.467. The van der Waals surface area contributed by atoms with Crippen LogP contribution >= 0.6 is 0 Å². The first-order valence-electron chi connectivity index (χ1n) is 6.46. The Morgan fingerprint density at radius 2 is 1.94 bits per heavy atom. The molecule has 0 saturated heterocycles. The first kappa shape index (κ1) is 13.1. The van der Waals surface area contributed by atoms with Crippen molar-refractivity contribution in [3.63, 3.8) is 0 Å². The Morgan fingerprint density at radius 3 is 2.50 bits per heavy atom. The van der Waals surface area contributed by atoms with E-state index in [1.807, 2.05) is 30.3 Å². The van der Waals surface area contributed by atoms with E-state index in [0.29, 0.717) is 0 Å². The van der Waals surface area contributed by atoms with E-state index in [0.717, 1.165) is 29.6 Å². The second-order valence-corrected chi connectivity index (χ2v) is 4.64. The lowest BCUT2D eigenvalue weighted by Crippen LogP contribution is -2.41. The molecule has 2 rings (SSSR count). The highest BCUT2D eigenvalue weighted by molar-refractivity contribution is 5.77. The molecule has 2 N–H and O–H groups in total. The van der Waals surface area contributed by atoms with Gasteiger partial charge in [-0.25, -0.2) is 0 Å². The average Bonchev–Trinajstić information content (AvgIpc) is 2.85. The number of hydrogen-bond donors (Lipinski definition) is 1. The van der Waals surface area contributed by atoms with Crippen LogP contribution in [0.5, 0.6) is 0 Å². The van der Waals surface area contributed by atoms with Crippen LogP contribution < -0.4 is 5.73 Å². The first-order chi connectivity index (χ1) is 8.66. The molecule has 18 heavy (non-hydrogen) atoms. The molecule has 98 valence electrons. The van der Waals surface area contributed by atoms with Gasteiger partial charge in [0, 0.05) is 12.5 Å². The molecule has 1 unspecified atom stereocenters. The number of furan rings is 1. The zero-order valence-corrected chi connectivity index (χ0v) is 11.3. The summed E-state index contributed by atoms with van der Waals surface area (Å²) in [6, 6.07) is 9.71. The molecule has 1 heterocycles. The zero-order chi connectivity index (χ0) is 13.2. The summed E-state index contributed by atoms with van der Waals surface area (Å²) in [5.41, 5.74) is 6.87. The van der Waals surface area contributed by atoms with Crippen molar-refractivity contribution in [3.05, 3.63) is 36.1 Å².